The van der Waals surface area contributed by atoms with Gasteiger partial charge in [0.05, 0.1) is 17.1 Å². The lowest BCUT2D eigenvalue weighted by Crippen LogP contribution is -2.11. The van der Waals surface area contributed by atoms with Gasteiger partial charge in [-0.15, -0.1) is 0 Å². The Labute approximate surface area is 87.7 Å². The molecule has 1 aromatic heterocycles. The Morgan fingerprint density at radius 1 is 1.53 bits per heavy atom. The highest BCUT2D eigenvalue weighted by Crippen LogP contribution is 2.11. The zero-order chi connectivity index (χ0) is 11.5. The fraction of sp³-hybridized carbons (Fsp3) is 0.333. The zero-order valence-electron chi connectivity index (χ0n) is 8.17. The largest absolute Gasteiger partial charge is 0.481 e. The van der Waals surface area contributed by atoms with Gasteiger partial charge < -0.3 is 5.11 Å². The van der Waals surface area contributed by atoms with Crippen molar-refractivity contribution in [2.75, 3.05) is 5.75 Å². The molecule has 0 aliphatic rings. The van der Waals surface area contributed by atoms with Crippen molar-refractivity contribution in [2.45, 2.75) is 18.2 Å². The molecule has 1 aromatic rings. The highest BCUT2D eigenvalue weighted by Gasteiger charge is 2.16. The molecule has 1 N–H and O–H groups in total. The van der Waals surface area contributed by atoms with E-state index in [2.05, 4.69) is 4.98 Å². The number of aryl methyl sites for hydroxylation is 1. The van der Waals surface area contributed by atoms with Gasteiger partial charge in [0.1, 0.15) is 0 Å². The van der Waals surface area contributed by atoms with Gasteiger partial charge in [-0.1, -0.05) is 0 Å². The molecule has 0 bridgehead atoms. The molecular formula is C9H11NO4S. The molecular weight excluding hydrogens is 218 g/mol. The number of aromatic nitrogens is 1. The molecule has 0 amide bonds. The molecule has 1 rings (SSSR count). The summed E-state index contributed by atoms with van der Waals surface area (Å²) in [5, 5.41) is 8.40. The van der Waals surface area contributed by atoms with Crippen LogP contribution in [0, 0.1) is 6.92 Å². The monoisotopic (exact) mass is 229 g/mol. The van der Waals surface area contributed by atoms with Gasteiger partial charge in [-0.05, 0) is 19.1 Å². The first kappa shape index (κ1) is 11.6. The van der Waals surface area contributed by atoms with Crippen LogP contribution in [-0.4, -0.2) is 30.2 Å². The molecule has 0 spiro atoms. The Morgan fingerprint density at radius 3 is 2.73 bits per heavy atom. The molecule has 0 fully saturated rings. The average molecular weight is 229 g/mol. The summed E-state index contributed by atoms with van der Waals surface area (Å²) in [6, 6.07) is 2.79. The topological polar surface area (TPSA) is 84.3 Å². The lowest BCUT2D eigenvalue weighted by atomic mass is 10.4. The second kappa shape index (κ2) is 4.39. The second-order valence-corrected chi connectivity index (χ2v) is 5.20. The van der Waals surface area contributed by atoms with E-state index in [1.165, 1.54) is 18.3 Å². The van der Waals surface area contributed by atoms with Crippen LogP contribution in [0.15, 0.2) is 23.2 Å². The fourth-order valence-corrected chi connectivity index (χ4v) is 2.35. The van der Waals surface area contributed by atoms with Crippen LogP contribution in [0.25, 0.3) is 0 Å². The van der Waals surface area contributed by atoms with E-state index in [0.29, 0.717) is 5.69 Å². The van der Waals surface area contributed by atoms with E-state index in [1.807, 2.05) is 0 Å². The first-order valence-corrected chi connectivity index (χ1v) is 5.94. The van der Waals surface area contributed by atoms with Gasteiger partial charge in [-0.2, -0.15) is 0 Å². The SMILES string of the molecule is Cc1cc(S(=O)(=O)CCC(=O)O)ccn1. The van der Waals surface area contributed by atoms with Gasteiger partial charge in [-0.25, -0.2) is 8.42 Å². The average Bonchev–Trinajstić information content (AvgIpc) is 2.15. The molecule has 1 heterocycles. The second-order valence-electron chi connectivity index (χ2n) is 3.10. The Hall–Kier alpha value is -1.43. The summed E-state index contributed by atoms with van der Waals surface area (Å²) in [4.78, 5) is 14.3. The minimum Gasteiger partial charge on any atom is -0.481 e. The van der Waals surface area contributed by atoms with Crippen molar-refractivity contribution < 1.29 is 18.3 Å². The zero-order valence-corrected chi connectivity index (χ0v) is 8.99. The molecule has 15 heavy (non-hydrogen) atoms. The Balaban J connectivity index is 2.91. The fourth-order valence-electron chi connectivity index (χ4n) is 1.05. The highest BCUT2D eigenvalue weighted by atomic mass is 32.2. The maximum absolute atomic E-state index is 11.6. The van der Waals surface area contributed by atoms with Crippen LogP contribution in [0.2, 0.25) is 0 Å². The minimum atomic E-state index is -3.50. The van der Waals surface area contributed by atoms with Crippen molar-refractivity contribution in [1.29, 1.82) is 0 Å². The third-order valence-corrected chi connectivity index (χ3v) is 3.53. The smallest absolute Gasteiger partial charge is 0.304 e. The maximum atomic E-state index is 11.6. The predicted molar refractivity (Wildman–Crippen MR) is 53.3 cm³/mol. The van der Waals surface area contributed by atoms with E-state index >= 15 is 0 Å². The number of rotatable bonds is 4. The van der Waals surface area contributed by atoms with E-state index in [-0.39, 0.29) is 17.1 Å². The van der Waals surface area contributed by atoms with Gasteiger partial charge in [-0.3, -0.25) is 9.78 Å². The molecule has 0 aromatic carbocycles. The van der Waals surface area contributed by atoms with Gasteiger partial charge in [0, 0.05) is 11.9 Å². The summed E-state index contributed by atoms with van der Waals surface area (Å²) in [5.41, 5.74) is 0.589. The summed E-state index contributed by atoms with van der Waals surface area (Å²) in [6.07, 6.45) is 1.01. The Bertz CT molecular complexity index is 467. The van der Waals surface area contributed by atoms with Crippen LogP contribution < -0.4 is 0 Å². The highest BCUT2D eigenvalue weighted by molar-refractivity contribution is 7.91. The van der Waals surface area contributed by atoms with Crippen molar-refractivity contribution in [3.05, 3.63) is 24.0 Å². The standard InChI is InChI=1S/C9H11NO4S/c1-7-6-8(2-4-10-7)15(13,14)5-3-9(11)12/h2,4,6H,3,5H2,1H3,(H,11,12). The van der Waals surface area contributed by atoms with Crippen molar-refractivity contribution >= 4 is 15.8 Å². The quantitative estimate of drug-likeness (QED) is 0.818. The number of hydrogen-bond acceptors (Lipinski definition) is 4. The number of carboxylic acid groups (broad SMARTS) is 1. The van der Waals surface area contributed by atoms with E-state index in [0.717, 1.165) is 0 Å². The molecule has 0 saturated carbocycles. The number of sulfone groups is 1. The molecule has 0 unspecified atom stereocenters. The van der Waals surface area contributed by atoms with Crippen molar-refractivity contribution in [3.8, 4) is 0 Å². The molecule has 0 radical (unpaired) electrons. The summed E-state index contributed by atoms with van der Waals surface area (Å²) >= 11 is 0. The van der Waals surface area contributed by atoms with Crippen molar-refractivity contribution in [2.24, 2.45) is 0 Å². The molecule has 82 valence electrons. The van der Waals surface area contributed by atoms with Crippen LogP contribution in [0.5, 0.6) is 0 Å². The normalized spacial score (nSPS) is 11.3. The lowest BCUT2D eigenvalue weighted by molar-refractivity contribution is -0.136. The van der Waals surface area contributed by atoms with Gasteiger partial charge in [0.2, 0.25) is 0 Å². The van der Waals surface area contributed by atoms with E-state index in [4.69, 9.17) is 5.11 Å². The Morgan fingerprint density at radius 2 is 2.20 bits per heavy atom. The summed E-state index contributed by atoms with van der Waals surface area (Å²) in [5.74, 6) is -1.50. The lowest BCUT2D eigenvalue weighted by Gasteiger charge is -2.02. The molecule has 0 saturated heterocycles. The summed E-state index contributed by atoms with van der Waals surface area (Å²) in [6.45, 7) is 1.68. The van der Waals surface area contributed by atoms with E-state index in [1.54, 1.807) is 6.92 Å². The number of hydrogen-bond donors (Lipinski definition) is 1. The number of carbonyl (C=O) groups is 1. The van der Waals surface area contributed by atoms with Crippen LogP contribution in [0.1, 0.15) is 12.1 Å². The first-order chi connectivity index (χ1) is 6.92. The van der Waals surface area contributed by atoms with Crippen LogP contribution >= 0.6 is 0 Å². The number of nitrogens with zero attached hydrogens (tertiary/aromatic N) is 1. The molecule has 0 atom stereocenters. The maximum Gasteiger partial charge on any atom is 0.304 e. The van der Waals surface area contributed by atoms with Gasteiger partial charge in [0.25, 0.3) is 0 Å². The third-order valence-electron chi connectivity index (χ3n) is 1.81. The summed E-state index contributed by atoms with van der Waals surface area (Å²) in [7, 11) is -3.50. The van der Waals surface area contributed by atoms with Crippen LogP contribution in [0.3, 0.4) is 0 Å². The first-order valence-electron chi connectivity index (χ1n) is 4.29. The number of pyridine rings is 1. The van der Waals surface area contributed by atoms with Crippen molar-refractivity contribution in [1.82, 2.24) is 4.98 Å². The molecule has 5 nitrogen and oxygen atoms in total. The van der Waals surface area contributed by atoms with Crippen LogP contribution in [-0.2, 0) is 14.6 Å². The summed E-state index contributed by atoms with van der Waals surface area (Å²) < 4.78 is 23.2. The minimum absolute atomic E-state index is 0.122. The van der Waals surface area contributed by atoms with Crippen LogP contribution in [0.4, 0.5) is 0 Å². The Kier molecular flexibility index (Phi) is 3.41. The third kappa shape index (κ3) is 3.32. The molecule has 0 aliphatic heterocycles. The van der Waals surface area contributed by atoms with Gasteiger partial charge >= 0.3 is 5.97 Å². The number of aliphatic carboxylic acids is 1. The molecule has 0 aliphatic carbocycles. The predicted octanol–water partition coefficient (Wildman–Crippen LogP) is 0.638. The van der Waals surface area contributed by atoms with Crippen molar-refractivity contribution in [3.63, 3.8) is 0 Å². The molecule has 6 heteroatoms. The van der Waals surface area contributed by atoms with E-state index < -0.39 is 15.8 Å². The van der Waals surface area contributed by atoms with Gasteiger partial charge in [0.15, 0.2) is 9.84 Å². The van der Waals surface area contributed by atoms with E-state index in [9.17, 15) is 13.2 Å². The number of carboxylic acids is 1.